The van der Waals surface area contributed by atoms with Gasteiger partial charge in [0.05, 0.1) is 13.1 Å². The number of phenols is 1. The summed E-state index contributed by atoms with van der Waals surface area (Å²) < 4.78 is 0. The summed E-state index contributed by atoms with van der Waals surface area (Å²) in [4.78, 5) is 55.2. The van der Waals surface area contributed by atoms with E-state index in [1.54, 1.807) is 28.1 Å². The van der Waals surface area contributed by atoms with E-state index >= 15 is 0 Å². The summed E-state index contributed by atoms with van der Waals surface area (Å²) in [6, 6.07) is 14.7. The lowest BCUT2D eigenvalue weighted by molar-refractivity contribution is -0.189. The van der Waals surface area contributed by atoms with Crippen molar-refractivity contribution in [2.75, 3.05) is 26.2 Å². The lowest BCUT2D eigenvalue weighted by Crippen LogP contribution is -2.76. The molecule has 2 aromatic rings. The SMILES string of the molecule is C=CCN1CC(=O)N2[C@@H](Cc3ccc(O)cc3)C(=O)N(CCCC(N)=O)C[C@@H]2N1C(=O)NCc1ccccc1. The fraction of sp³-hybridized carbons (Fsp3) is 0.357. The van der Waals surface area contributed by atoms with Crippen LogP contribution in [0, 0.1) is 0 Å². The van der Waals surface area contributed by atoms with Crippen molar-refractivity contribution in [2.45, 2.75) is 38.0 Å². The number of nitrogens with one attached hydrogen (secondary N) is 1. The lowest BCUT2D eigenvalue weighted by Gasteiger charge is -2.55. The van der Waals surface area contributed by atoms with Crippen LogP contribution in [0.4, 0.5) is 4.79 Å². The molecule has 0 spiro atoms. The number of carbonyl (C=O) groups excluding carboxylic acids is 4. The summed E-state index contributed by atoms with van der Waals surface area (Å²) in [6.07, 6.45) is 1.53. The molecule has 11 heteroatoms. The molecule has 0 unspecified atom stereocenters. The summed E-state index contributed by atoms with van der Waals surface area (Å²) >= 11 is 0. The number of urea groups is 1. The maximum absolute atomic E-state index is 13.7. The molecule has 11 nitrogen and oxygen atoms in total. The predicted octanol–water partition coefficient (Wildman–Crippen LogP) is 1.19. The van der Waals surface area contributed by atoms with Crippen molar-refractivity contribution in [1.82, 2.24) is 25.1 Å². The number of benzene rings is 2. The van der Waals surface area contributed by atoms with Crippen LogP contribution in [0.1, 0.15) is 24.0 Å². The van der Waals surface area contributed by atoms with E-state index in [2.05, 4.69) is 11.9 Å². The molecule has 5 amide bonds. The quantitative estimate of drug-likeness (QED) is 0.392. The third kappa shape index (κ3) is 6.55. The number of piperazine rings is 1. The lowest BCUT2D eigenvalue weighted by atomic mass is 9.98. The minimum atomic E-state index is -0.871. The molecule has 2 atom stereocenters. The number of nitrogens with two attached hydrogens (primary N) is 1. The number of primary amides is 1. The fourth-order valence-corrected chi connectivity index (χ4v) is 5.06. The standard InChI is InChI=1S/C28H34N6O5/c1-2-14-32-19-26(37)33-23(16-20-10-12-22(35)13-11-20)27(38)31(15-6-9-24(29)36)18-25(33)34(32)28(39)30-17-21-7-4-3-5-8-21/h2-5,7-8,10-13,23,25,35H,1,6,9,14-19H2,(H2,29,36)(H,30,39)/t23-,25-/m0/s1. The Morgan fingerprint density at radius 3 is 2.46 bits per heavy atom. The molecule has 206 valence electrons. The monoisotopic (exact) mass is 534 g/mol. The third-order valence-electron chi connectivity index (χ3n) is 6.88. The number of hydrogen-bond donors (Lipinski definition) is 3. The van der Waals surface area contributed by atoms with Crippen molar-refractivity contribution in [3.05, 3.63) is 78.4 Å². The highest BCUT2D eigenvalue weighted by atomic mass is 16.3. The molecule has 2 aliphatic heterocycles. The van der Waals surface area contributed by atoms with Gasteiger partial charge in [0, 0.05) is 32.5 Å². The van der Waals surface area contributed by atoms with Gasteiger partial charge in [-0.15, -0.1) is 6.58 Å². The summed E-state index contributed by atoms with van der Waals surface area (Å²) in [7, 11) is 0. The van der Waals surface area contributed by atoms with E-state index in [1.807, 2.05) is 30.3 Å². The molecule has 0 radical (unpaired) electrons. The van der Waals surface area contributed by atoms with Crippen LogP contribution in [0.3, 0.4) is 0 Å². The van der Waals surface area contributed by atoms with Gasteiger partial charge in [-0.05, 0) is 29.7 Å². The Morgan fingerprint density at radius 2 is 1.79 bits per heavy atom. The van der Waals surface area contributed by atoms with Crippen molar-refractivity contribution in [3.8, 4) is 5.75 Å². The van der Waals surface area contributed by atoms with Gasteiger partial charge in [-0.25, -0.2) is 14.8 Å². The molecule has 0 aromatic heterocycles. The molecule has 4 N–H and O–H groups in total. The van der Waals surface area contributed by atoms with Crippen molar-refractivity contribution in [3.63, 3.8) is 0 Å². The van der Waals surface area contributed by atoms with Crippen LogP contribution in [0.25, 0.3) is 0 Å². The van der Waals surface area contributed by atoms with Gasteiger partial charge in [-0.3, -0.25) is 14.4 Å². The van der Waals surface area contributed by atoms with E-state index in [0.717, 1.165) is 11.1 Å². The first-order valence-corrected chi connectivity index (χ1v) is 12.9. The van der Waals surface area contributed by atoms with Gasteiger partial charge < -0.3 is 26.0 Å². The number of carbonyl (C=O) groups is 4. The minimum absolute atomic E-state index is 0.0851. The Hall–Kier alpha value is -4.38. The number of amides is 5. The number of nitrogens with zero attached hydrogens (tertiary/aromatic N) is 4. The smallest absolute Gasteiger partial charge is 0.334 e. The second kappa shape index (κ2) is 12.4. The summed E-state index contributed by atoms with van der Waals surface area (Å²) in [6.45, 7) is 4.57. The zero-order chi connectivity index (χ0) is 27.9. The highest BCUT2D eigenvalue weighted by molar-refractivity contribution is 5.91. The Balaban J connectivity index is 1.65. The first kappa shape index (κ1) is 27.6. The normalized spacial score (nSPS) is 19.5. The number of hydrogen-bond acceptors (Lipinski definition) is 6. The van der Waals surface area contributed by atoms with Crippen LogP contribution in [-0.4, -0.2) is 87.1 Å². The molecule has 2 saturated heterocycles. The second-order valence-corrected chi connectivity index (χ2v) is 9.65. The average molecular weight is 535 g/mol. The number of phenolic OH excluding ortho intramolecular Hbond substituents is 1. The van der Waals surface area contributed by atoms with E-state index in [4.69, 9.17) is 5.73 Å². The molecule has 2 heterocycles. The summed E-state index contributed by atoms with van der Waals surface area (Å²) in [5.41, 5.74) is 6.98. The molecule has 2 fully saturated rings. The number of aromatic hydroxyl groups is 1. The van der Waals surface area contributed by atoms with Crippen LogP contribution >= 0.6 is 0 Å². The Labute approximate surface area is 227 Å². The highest BCUT2D eigenvalue weighted by Gasteiger charge is 2.51. The van der Waals surface area contributed by atoms with Crippen LogP contribution in [-0.2, 0) is 27.3 Å². The highest BCUT2D eigenvalue weighted by Crippen LogP contribution is 2.29. The van der Waals surface area contributed by atoms with Crippen molar-refractivity contribution in [2.24, 2.45) is 5.73 Å². The first-order valence-electron chi connectivity index (χ1n) is 12.9. The number of rotatable bonds is 10. The summed E-state index contributed by atoms with van der Waals surface area (Å²) in [5.74, 6) is -0.912. The van der Waals surface area contributed by atoms with E-state index in [-0.39, 0.29) is 63.1 Å². The molecule has 0 saturated carbocycles. The van der Waals surface area contributed by atoms with Gasteiger partial charge in [-0.1, -0.05) is 48.5 Å². The fourth-order valence-electron chi connectivity index (χ4n) is 5.06. The predicted molar refractivity (Wildman–Crippen MR) is 144 cm³/mol. The zero-order valence-electron chi connectivity index (χ0n) is 21.7. The van der Waals surface area contributed by atoms with Gasteiger partial charge in [-0.2, -0.15) is 0 Å². The van der Waals surface area contributed by atoms with E-state index in [9.17, 15) is 24.3 Å². The van der Waals surface area contributed by atoms with Crippen molar-refractivity contribution in [1.29, 1.82) is 0 Å². The Morgan fingerprint density at radius 1 is 1.08 bits per heavy atom. The summed E-state index contributed by atoms with van der Waals surface area (Å²) in [5, 5.41) is 15.8. The van der Waals surface area contributed by atoms with Crippen LogP contribution in [0.5, 0.6) is 5.75 Å². The molecule has 2 aromatic carbocycles. The van der Waals surface area contributed by atoms with Gasteiger partial charge in [0.25, 0.3) is 0 Å². The van der Waals surface area contributed by atoms with Gasteiger partial charge >= 0.3 is 6.03 Å². The molecule has 0 bridgehead atoms. The molecule has 39 heavy (non-hydrogen) atoms. The van der Waals surface area contributed by atoms with Gasteiger partial charge in [0.2, 0.25) is 17.7 Å². The topological polar surface area (TPSA) is 140 Å². The largest absolute Gasteiger partial charge is 0.508 e. The van der Waals surface area contributed by atoms with Crippen LogP contribution < -0.4 is 11.1 Å². The van der Waals surface area contributed by atoms with E-state index < -0.39 is 24.1 Å². The van der Waals surface area contributed by atoms with E-state index in [1.165, 1.54) is 22.0 Å². The van der Waals surface area contributed by atoms with Crippen LogP contribution in [0.15, 0.2) is 67.3 Å². The molecular weight excluding hydrogens is 500 g/mol. The Kier molecular flexibility index (Phi) is 8.82. The molecule has 2 aliphatic rings. The van der Waals surface area contributed by atoms with E-state index in [0.29, 0.717) is 6.42 Å². The third-order valence-corrected chi connectivity index (χ3v) is 6.88. The van der Waals surface area contributed by atoms with Gasteiger partial charge in [0.15, 0.2) is 0 Å². The van der Waals surface area contributed by atoms with Crippen molar-refractivity contribution < 1.29 is 24.3 Å². The number of hydrazine groups is 1. The first-order chi connectivity index (χ1) is 18.8. The average Bonchev–Trinajstić information content (AvgIpc) is 2.91. The molecule has 0 aliphatic carbocycles. The Bertz CT molecular complexity index is 1200. The second-order valence-electron chi connectivity index (χ2n) is 9.65. The molecular formula is C28H34N6O5. The minimum Gasteiger partial charge on any atom is -0.508 e. The maximum atomic E-state index is 13.7. The number of fused-ring (bicyclic) bond motifs is 1. The maximum Gasteiger partial charge on any atom is 0.334 e. The zero-order valence-corrected chi connectivity index (χ0v) is 21.7. The molecule has 4 rings (SSSR count). The van der Waals surface area contributed by atoms with Crippen molar-refractivity contribution >= 4 is 23.8 Å². The van der Waals surface area contributed by atoms with Gasteiger partial charge in [0.1, 0.15) is 18.0 Å². The van der Waals surface area contributed by atoms with Crippen LogP contribution in [0.2, 0.25) is 0 Å².